The van der Waals surface area contributed by atoms with Crippen LogP contribution in [-0.2, 0) is 34.5 Å². The van der Waals surface area contributed by atoms with Crippen molar-refractivity contribution in [3.05, 3.63) is 30.3 Å². The van der Waals surface area contributed by atoms with Crippen molar-refractivity contribution in [3.8, 4) is 0 Å². The van der Waals surface area contributed by atoms with Crippen LogP contribution in [0.25, 0.3) is 0 Å². The van der Waals surface area contributed by atoms with E-state index >= 15 is 0 Å². The maximum Gasteiger partial charge on any atom is 0.166 e. The Balaban J connectivity index is 2.31. The highest BCUT2D eigenvalue weighted by atomic mass is 32.2. The fourth-order valence-electron chi connectivity index (χ4n) is 2.84. The zero-order valence-electron chi connectivity index (χ0n) is 13.8. The van der Waals surface area contributed by atoms with Crippen LogP contribution in [0.2, 0.25) is 0 Å². The molecular weight excluding hydrogens is 320 g/mol. The van der Waals surface area contributed by atoms with Crippen LogP contribution in [0.4, 0.5) is 0 Å². The summed E-state index contributed by atoms with van der Waals surface area (Å²) in [5.41, 5.74) is -0.668. The van der Waals surface area contributed by atoms with Gasteiger partial charge in [-0.05, 0) is 12.1 Å². The maximum absolute atomic E-state index is 12.9. The molecule has 0 spiro atoms. The summed E-state index contributed by atoms with van der Waals surface area (Å²) in [6.45, 7) is 0.317. The first-order valence-corrected chi connectivity index (χ1v) is 8.57. The first-order valence-electron chi connectivity index (χ1n) is 7.36. The van der Waals surface area contributed by atoms with Gasteiger partial charge in [0.2, 0.25) is 0 Å². The molecule has 1 heterocycles. The Labute approximate surface area is 139 Å². The third-order valence-electron chi connectivity index (χ3n) is 3.93. The highest BCUT2D eigenvalue weighted by Gasteiger charge is 2.49. The zero-order chi connectivity index (χ0) is 16.8. The van der Waals surface area contributed by atoms with E-state index in [9.17, 15) is 4.21 Å². The SMILES string of the molecule is COCC1OC(S(=O)c2ccccc2)C(OC)C(OC)C1OC. The maximum atomic E-state index is 12.9. The molecule has 6 unspecified atom stereocenters. The fourth-order valence-corrected chi connectivity index (χ4v) is 4.29. The third kappa shape index (κ3) is 3.99. The lowest BCUT2D eigenvalue weighted by molar-refractivity contribution is -0.229. The fraction of sp³-hybridized carbons (Fsp3) is 0.625. The van der Waals surface area contributed by atoms with E-state index in [2.05, 4.69) is 0 Å². The molecule has 1 saturated heterocycles. The molecule has 1 aliphatic rings. The zero-order valence-corrected chi connectivity index (χ0v) is 14.7. The smallest absolute Gasteiger partial charge is 0.166 e. The predicted octanol–water partition coefficient (Wildman–Crippen LogP) is 1.21. The summed E-state index contributed by atoms with van der Waals surface area (Å²) >= 11 is 0. The van der Waals surface area contributed by atoms with Gasteiger partial charge >= 0.3 is 0 Å². The van der Waals surface area contributed by atoms with E-state index in [0.29, 0.717) is 11.5 Å². The Bertz CT molecular complexity index is 497. The van der Waals surface area contributed by atoms with Crippen molar-refractivity contribution in [1.29, 1.82) is 0 Å². The highest BCUT2D eigenvalue weighted by molar-refractivity contribution is 7.85. The molecule has 6 nitrogen and oxygen atoms in total. The number of hydrogen-bond acceptors (Lipinski definition) is 6. The molecule has 2 rings (SSSR count). The monoisotopic (exact) mass is 344 g/mol. The second-order valence-electron chi connectivity index (χ2n) is 5.21. The molecule has 7 heteroatoms. The Hall–Kier alpha value is -0.830. The first kappa shape index (κ1) is 18.5. The minimum absolute atomic E-state index is 0.317. The van der Waals surface area contributed by atoms with Gasteiger partial charge in [0.25, 0.3) is 0 Å². The van der Waals surface area contributed by atoms with E-state index in [1.54, 1.807) is 28.4 Å². The summed E-state index contributed by atoms with van der Waals surface area (Å²) in [5, 5.41) is 0. The minimum atomic E-state index is -1.40. The van der Waals surface area contributed by atoms with Gasteiger partial charge in [0, 0.05) is 33.3 Å². The molecule has 0 bridgehead atoms. The van der Waals surface area contributed by atoms with E-state index in [0.717, 1.165) is 0 Å². The van der Waals surface area contributed by atoms with Crippen LogP contribution in [-0.4, -0.2) is 69.1 Å². The van der Waals surface area contributed by atoms with Gasteiger partial charge in [-0.25, -0.2) is 0 Å². The Morgan fingerprint density at radius 1 is 0.957 bits per heavy atom. The van der Waals surface area contributed by atoms with E-state index in [-0.39, 0.29) is 12.2 Å². The molecule has 0 radical (unpaired) electrons. The molecule has 1 aliphatic heterocycles. The number of methoxy groups -OCH3 is 4. The number of benzene rings is 1. The van der Waals surface area contributed by atoms with Crippen molar-refractivity contribution in [3.63, 3.8) is 0 Å². The van der Waals surface area contributed by atoms with Gasteiger partial charge in [-0.3, -0.25) is 4.21 Å². The van der Waals surface area contributed by atoms with Gasteiger partial charge in [-0.15, -0.1) is 0 Å². The second kappa shape index (κ2) is 8.86. The Morgan fingerprint density at radius 3 is 2.09 bits per heavy atom. The van der Waals surface area contributed by atoms with Crippen LogP contribution >= 0.6 is 0 Å². The van der Waals surface area contributed by atoms with Crippen LogP contribution in [0.3, 0.4) is 0 Å². The van der Waals surface area contributed by atoms with E-state index in [1.807, 2.05) is 30.3 Å². The van der Waals surface area contributed by atoms with Gasteiger partial charge in [0.15, 0.2) is 5.44 Å². The summed E-state index contributed by atoms with van der Waals surface area (Å²) in [7, 11) is 4.91. The first-order chi connectivity index (χ1) is 11.2. The van der Waals surface area contributed by atoms with Crippen LogP contribution in [0.15, 0.2) is 35.2 Å². The molecule has 0 amide bonds. The standard InChI is InChI=1S/C16H24O6S/c1-18-10-12-13(19-2)14(20-3)15(21-4)16(22-12)23(17)11-8-6-5-7-9-11/h5-9,12-16H,10H2,1-4H3. The molecule has 0 saturated carbocycles. The van der Waals surface area contributed by atoms with E-state index in [1.165, 1.54) is 0 Å². The quantitative estimate of drug-likeness (QED) is 0.741. The lowest BCUT2D eigenvalue weighted by atomic mass is 9.99. The van der Waals surface area contributed by atoms with Gasteiger partial charge in [0.1, 0.15) is 24.4 Å². The molecule has 130 valence electrons. The lowest BCUT2D eigenvalue weighted by Gasteiger charge is -2.44. The van der Waals surface area contributed by atoms with Crippen LogP contribution in [0.5, 0.6) is 0 Å². The summed E-state index contributed by atoms with van der Waals surface area (Å²) < 4.78 is 40.8. The number of ether oxygens (including phenoxy) is 5. The molecule has 23 heavy (non-hydrogen) atoms. The van der Waals surface area contributed by atoms with Crippen molar-refractivity contribution in [2.24, 2.45) is 0 Å². The van der Waals surface area contributed by atoms with Crippen molar-refractivity contribution in [2.75, 3.05) is 35.0 Å². The third-order valence-corrected chi connectivity index (χ3v) is 5.46. The molecule has 0 aliphatic carbocycles. The van der Waals surface area contributed by atoms with Crippen molar-refractivity contribution in [1.82, 2.24) is 0 Å². The molecule has 1 fully saturated rings. The summed E-state index contributed by atoms with van der Waals surface area (Å²) in [4.78, 5) is 0.682. The van der Waals surface area contributed by atoms with Gasteiger partial charge < -0.3 is 23.7 Å². The van der Waals surface area contributed by atoms with Gasteiger partial charge in [-0.2, -0.15) is 0 Å². The topological polar surface area (TPSA) is 63.2 Å². The summed E-state index contributed by atoms with van der Waals surface area (Å²) in [6, 6.07) is 9.18. The molecular formula is C16H24O6S. The highest BCUT2D eigenvalue weighted by Crippen LogP contribution is 2.31. The second-order valence-corrected chi connectivity index (χ2v) is 6.74. The Morgan fingerprint density at radius 2 is 1.57 bits per heavy atom. The van der Waals surface area contributed by atoms with Gasteiger partial charge in [-0.1, -0.05) is 18.2 Å². The van der Waals surface area contributed by atoms with Crippen molar-refractivity contribution < 1.29 is 27.9 Å². The lowest BCUT2D eigenvalue weighted by Crippen LogP contribution is -2.61. The van der Waals surface area contributed by atoms with Crippen molar-refractivity contribution in [2.45, 2.75) is 34.7 Å². The average Bonchev–Trinajstić information content (AvgIpc) is 2.60. The van der Waals surface area contributed by atoms with Crippen LogP contribution < -0.4 is 0 Å². The number of rotatable bonds is 7. The molecule has 1 aromatic carbocycles. The summed E-state index contributed by atoms with van der Waals surface area (Å²) in [5.74, 6) is 0. The molecule has 0 N–H and O–H groups in total. The Kier molecular flexibility index (Phi) is 7.13. The molecule has 6 atom stereocenters. The van der Waals surface area contributed by atoms with Crippen LogP contribution in [0, 0.1) is 0 Å². The van der Waals surface area contributed by atoms with Crippen molar-refractivity contribution >= 4 is 10.8 Å². The largest absolute Gasteiger partial charge is 0.382 e. The van der Waals surface area contributed by atoms with Gasteiger partial charge in [0.05, 0.1) is 17.4 Å². The number of hydrogen-bond donors (Lipinski definition) is 0. The molecule has 1 aromatic rings. The molecule has 0 aromatic heterocycles. The summed E-state index contributed by atoms with van der Waals surface area (Å²) in [6.07, 6.45) is -1.68. The van der Waals surface area contributed by atoms with E-state index in [4.69, 9.17) is 23.7 Å². The predicted molar refractivity (Wildman–Crippen MR) is 85.8 cm³/mol. The van der Waals surface area contributed by atoms with Crippen LogP contribution in [0.1, 0.15) is 0 Å². The minimum Gasteiger partial charge on any atom is -0.382 e. The average molecular weight is 344 g/mol. The van der Waals surface area contributed by atoms with E-state index < -0.39 is 28.4 Å². The normalized spacial score (nSPS) is 32.6.